The largest absolute Gasteiger partial charge is 0.354 e. The smallest absolute Gasteiger partial charge is 0.212 e. The summed E-state index contributed by atoms with van der Waals surface area (Å²) >= 11 is 0. The summed E-state index contributed by atoms with van der Waals surface area (Å²) in [4.78, 5) is 8.30. The summed E-state index contributed by atoms with van der Waals surface area (Å²) in [6, 6.07) is 10.4. The Kier molecular flexibility index (Phi) is 3.33. The van der Waals surface area contributed by atoms with Crippen molar-refractivity contribution in [2.45, 2.75) is 33.9 Å². The lowest BCUT2D eigenvalue weighted by molar-refractivity contribution is 0.731. The fourth-order valence-corrected chi connectivity index (χ4v) is 3.55. The molecule has 0 fully saturated rings. The van der Waals surface area contributed by atoms with Crippen LogP contribution in [0.3, 0.4) is 0 Å². The second kappa shape index (κ2) is 5.06. The van der Waals surface area contributed by atoms with Crippen molar-refractivity contribution >= 4 is 22.7 Å². The molecule has 3 nitrogen and oxygen atoms in total. The Bertz CT molecular complexity index is 763. The average molecular weight is 291 g/mol. The van der Waals surface area contributed by atoms with Crippen LogP contribution in [-0.4, -0.2) is 13.2 Å². The van der Waals surface area contributed by atoms with E-state index in [0.717, 1.165) is 11.4 Å². The molecular formula is C19H21N3. The molecule has 0 aromatic heterocycles. The molecule has 0 saturated heterocycles. The number of aryl methyl sites for hydroxylation is 3. The Balaban J connectivity index is 2.29. The van der Waals surface area contributed by atoms with Gasteiger partial charge in [-0.1, -0.05) is 29.8 Å². The van der Waals surface area contributed by atoms with Gasteiger partial charge in [-0.2, -0.15) is 0 Å². The third-order valence-corrected chi connectivity index (χ3v) is 4.55. The molecular weight excluding hydrogens is 270 g/mol. The topological polar surface area (TPSA) is 10.8 Å². The molecule has 112 valence electrons. The molecule has 2 aromatic carbocycles. The minimum absolute atomic E-state index is 0.193. The Labute approximate surface area is 132 Å². The van der Waals surface area contributed by atoms with Crippen molar-refractivity contribution in [1.29, 1.82) is 0 Å². The highest BCUT2D eigenvalue weighted by molar-refractivity contribution is 5.94. The lowest BCUT2D eigenvalue weighted by Gasteiger charge is -2.31. The highest BCUT2D eigenvalue weighted by atomic mass is 15.4. The maximum atomic E-state index is 7.52. The number of rotatable bonds is 1. The second-order valence-corrected chi connectivity index (χ2v) is 6.12. The molecule has 0 radical (unpaired) electrons. The van der Waals surface area contributed by atoms with Gasteiger partial charge in [0.15, 0.2) is 0 Å². The molecule has 0 aliphatic carbocycles. The predicted molar refractivity (Wildman–Crippen MR) is 93.4 cm³/mol. The van der Waals surface area contributed by atoms with Crippen LogP contribution >= 0.6 is 0 Å². The van der Waals surface area contributed by atoms with E-state index in [-0.39, 0.29) is 6.17 Å². The standard InChI is InChI=1S/C19H21N3/c1-12-10-13(2)18(14(3)11-12)22-15(4)21(6)17-9-7-8-16(20-5)19(17)22/h7-11,15H,1-4,6H3/t15-/m0/s1. The number of hydrogen-bond acceptors (Lipinski definition) is 2. The van der Waals surface area contributed by atoms with Gasteiger partial charge in [-0.05, 0) is 44.9 Å². The number of nitrogens with zero attached hydrogens (tertiary/aromatic N) is 3. The third-order valence-electron chi connectivity index (χ3n) is 4.55. The van der Waals surface area contributed by atoms with E-state index in [1.54, 1.807) is 0 Å². The quantitative estimate of drug-likeness (QED) is 0.677. The second-order valence-electron chi connectivity index (χ2n) is 6.12. The van der Waals surface area contributed by atoms with Crippen molar-refractivity contribution in [3.05, 3.63) is 58.4 Å². The molecule has 0 unspecified atom stereocenters. The molecule has 1 aliphatic rings. The van der Waals surface area contributed by atoms with Crippen molar-refractivity contribution in [3.63, 3.8) is 0 Å². The molecule has 0 bridgehead atoms. The zero-order valence-corrected chi connectivity index (χ0v) is 13.8. The van der Waals surface area contributed by atoms with Gasteiger partial charge in [0.2, 0.25) is 5.69 Å². The van der Waals surface area contributed by atoms with Gasteiger partial charge in [0, 0.05) is 12.7 Å². The number of hydrogen-bond donors (Lipinski definition) is 0. The summed E-state index contributed by atoms with van der Waals surface area (Å²) < 4.78 is 0. The van der Waals surface area contributed by atoms with Crippen LogP contribution in [0.1, 0.15) is 23.6 Å². The van der Waals surface area contributed by atoms with E-state index < -0.39 is 0 Å². The minimum Gasteiger partial charge on any atom is -0.354 e. The summed E-state index contributed by atoms with van der Waals surface area (Å²) in [6.07, 6.45) is 0.193. The maximum Gasteiger partial charge on any atom is 0.212 e. The van der Waals surface area contributed by atoms with Crippen LogP contribution in [-0.2, 0) is 0 Å². The van der Waals surface area contributed by atoms with Gasteiger partial charge in [-0.25, -0.2) is 4.85 Å². The number of para-hydroxylation sites is 1. The Morgan fingerprint density at radius 1 is 1.05 bits per heavy atom. The molecule has 0 N–H and O–H groups in total. The summed E-state index contributed by atoms with van der Waals surface area (Å²) in [5, 5.41) is 0. The fourth-order valence-electron chi connectivity index (χ4n) is 3.55. The van der Waals surface area contributed by atoms with Gasteiger partial charge < -0.3 is 9.80 Å². The van der Waals surface area contributed by atoms with E-state index in [1.165, 1.54) is 22.4 Å². The van der Waals surface area contributed by atoms with Gasteiger partial charge in [0.05, 0.1) is 17.9 Å². The Hall–Kier alpha value is -2.47. The number of anilines is 3. The van der Waals surface area contributed by atoms with Gasteiger partial charge in [-0.15, -0.1) is 0 Å². The molecule has 2 aromatic rings. The monoisotopic (exact) mass is 291 g/mol. The summed E-state index contributed by atoms with van der Waals surface area (Å²) in [7, 11) is 2.09. The van der Waals surface area contributed by atoms with Crippen LogP contribution < -0.4 is 9.80 Å². The summed E-state index contributed by atoms with van der Waals surface area (Å²) in [6.45, 7) is 16.1. The molecule has 0 amide bonds. The molecule has 1 heterocycles. The van der Waals surface area contributed by atoms with Gasteiger partial charge in [-0.3, -0.25) is 0 Å². The first-order valence-electron chi connectivity index (χ1n) is 7.56. The lowest BCUT2D eigenvalue weighted by atomic mass is 10.0. The fraction of sp³-hybridized carbons (Fsp3) is 0.316. The molecule has 1 aliphatic heterocycles. The maximum absolute atomic E-state index is 7.52. The highest BCUT2D eigenvalue weighted by Gasteiger charge is 2.34. The Morgan fingerprint density at radius 3 is 2.27 bits per heavy atom. The first-order chi connectivity index (χ1) is 10.5. The van der Waals surface area contributed by atoms with Gasteiger partial charge >= 0.3 is 0 Å². The van der Waals surface area contributed by atoms with E-state index in [4.69, 9.17) is 6.57 Å². The number of benzene rings is 2. The van der Waals surface area contributed by atoms with Gasteiger partial charge in [0.1, 0.15) is 6.17 Å². The van der Waals surface area contributed by atoms with Crippen LogP contribution in [0.2, 0.25) is 0 Å². The molecule has 0 saturated carbocycles. The van der Waals surface area contributed by atoms with Crippen molar-refractivity contribution in [2.24, 2.45) is 0 Å². The zero-order chi connectivity index (χ0) is 16.0. The van der Waals surface area contributed by atoms with Crippen molar-refractivity contribution < 1.29 is 0 Å². The average Bonchev–Trinajstić information content (AvgIpc) is 2.72. The molecule has 3 rings (SSSR count). The van der Waals surface area contributed by atoms with Crippen LogP contribution in [0.4, 0.5) is 22.7 Å². The van der Waals surface area contributed by atoms with Crippen LogP contribution in [0.25, 0.3) is 4.85 Å². The first kappa shape index (κ1) is 14.5. The lowest BCUT2D eigenvalue weighted by Crippen LogP contribution is -2.36. The van der Waals surface area contributed by atoms with E-state index in [0.29, 0.717) is 5.69 Å². The number of fused-ring (bicyclic) bond motifs is 1. The predicted octanol–water partition coefficient (Wildman–Crippen LogP) is 5.10. The SMILES string of the molecule is [C-]#[N+]c1cccc2c1N(c1c(C)cc(C)cc1C)[C@@H](C)N2C. The van der Waals surface area contributed by atoms with Crippen molar-refractivity contribution in [3.8, 4) is 0 Å². The third kappa shape index (κ3) is 1.95. The van der Waals surface area contributed by atoms with Crippen LogP contribution in [0.5, 0.6) is 0 Å². The first-order valence-corrected chi connectivity index (χ1v) is 7.56. The molecule has 1 atom stereocenters. The molecule has 3 heteroatoms. The Morgan fingerprint density at radius 2 is 1.68 bits per heavy atom. The van der Waals surface area contributed by atoms with E-state index in [2.05, 4.69) is 67.6 Å². The highest BCUT2D eigenvalue weighted by Crippen LogP contribution is 2.50. The van der Waals surface area contributed by atoms with Gasteiger partial charge in [0.25, 0.3) is 0 Å². The van der Waals surface area contributed by atoms with Crippen LogP contribution in [0.15, 0.2) is 30.3 Å². The van der Waals surface area contributed by atoms with E-state index in [1.807, 2.05) is 12.1 Å². The van der Waals surface area contributed by atoms with Crippen LogP contribution in [0, 0.1) is 27.3 Å². The van der Waals surface area contributed by atoms with Crippen molar-refractivity contribution in [2.75, 3.05) is 16.8 Å². The van der Waals surface area contributed by atoms with E-state index >= 15 is 0 Å². The van der Waals surface area contributed by atoms with E-state index in [9.17, 15) is 0 Å². The normalized spacial score (nSPS) is 16.6. The summed E-state index contributed by atoms with van der Waals surface area (Å²) in [5.41, 5.74) is 7.88. The summed E-state index contributed by atoms with van der Waals surface area (Å²) in [5.74, 6) is 0. The van der Waals surface area contributed by atoms with Crippen molar-refractivity contribution in [1.82, 2.24) is 0 Å². The molecule has 0 spiro atoms. The zero-order valence-electron chi connectivity index (χ0n) is 13.8. The minimum atomic E-state index is 0.193. The molecule has 22 heavy (non-hydrogen) atoms.